The van der Waals surface area contributed by atoms with Crippen LogP contribution in [-0.2, 0) is 11.3 Å². The third kappa shape index (κ3) is 4.88. The van der Waals surface area contributed by atoms with E-state index in [1.165, 1.54) is 5.56 Å². The summed E-state index contributed by atoms with van der Waals surface area (Å²) in [5, 5.41) is 3.38. The van der Waals surface area contributed by atoms with E-state index in [2.05, 4.69) is 22.4 Å². The third-order valence-electron chi connectivity index (χ3n) is 3.18. The summed E-state index contributed by atoms with van der Waals surface area (Å²) in [7, 11) is 0. The van der Waals surface area contributed by atoms with E-state index in [1.54, 1.807) is 6.92 Å². The molecule has 2 rings (SSSR count). The van der Waals surface area contributed by atoms with Crippen LogP contribution in [0.1, 0.15) is 25.0 Å². The summed E-state index contributed by atoms with van der Waals surface area (Å²) in [5.41, 5.74) is 4.25. The molecule has 21 heavy (non-hydrogen) atoms. The summed E-state index contributed by atoms with van der Waals surface area (Å²) in [6.07, 6.45) is 0. The highest BCUT2D eigenvalue weighted by atomic mass is 16.1. The van der Waals surface area contributed by atoms with Crippen molar-refractivity contribution in [3.8, 4) is 0 Å². The number of carbonyl (C=O) groups is 1. The molecular weight excluding hydrogens is 260 g/mol. The van der Waals surface area contributed by atoms with E-state index in [0.717, 1.165) is 23.5 Å². The smallest absolute Gasteiger partial charge is 0.151 e. The number of carbonyl (C=O) groups excluding carboxylic acids is 1. The number of aliphatic imine (C=N–C) groups is 1. The Balaban J connectivity index is 1.96. The van der Waals surface area contributed by atoms with Crippen LogP contribution in [0.5, 0.6) is 0 Å². The van der Waals surface area contributed by atoms with Crippen LogP contribution in [0.15, 0.2) is 59.6 Å². The normalized spacial score (nSPS) is 11.2. The summed E-state index contributed by atoms with van der Waals surface area (Å²) in [6.45, 7) is 4.53. The van der Waals surface area contributed by atoms with Gasteiger partial charge in [-0.25, -0.2) is 0 Å². The fraction of sp³-hybridized carbons (Fsp3) is 0.222. The highest BCUT2D eigenvalue weighted by Gasteiger charge is 1.99. The Morgan fingerprint density at radius 2 is 1.67 bits per heavy atom. The SMILES string of the molecule is CC(=O)CN=C(C)c1ccc(NCc2ccccc2)cc1. The van der Waals surface area contributed by atoms with E-state index in [-0.39, 0.29) is 12.3 Å². The second kappa shape index (κ2) is 7.39. The van der Waals surface area contributed by atoms with Gasteiger partial charge in [-0.3, -0.25) is 9.79 Å². The minimum Gasteiger partial charge on any atom is -0.381 e. The van der Waals surface area contributed by atoms with Crippen LogP contribution < -0.4 is 5.32 Å². The minimum atomic E-state index is 0.0792. The van der Waals surface area contributed by atoms with Crippen molar-refractivity contribution in [2.24, 2.45) is 4.99 Å². The van der Waals surface area contributed by atoms with Crippen LogP contribution >= 0.6 is 0 Å². The number of rotatable bonds is 6. The molecule has 0 heterocycles. The Morgan fingerprint density at radius 3 is 2.29 bits per heavy atom. The zero-order chi connectivity index (χ0) is 15.1. The Bertz CT molecular complexity index is 615. The van der Waals surface area contributed by atoms with Gasteiger partial charge in [0.25, 0.3) is 0 Å². The maximum Gasteiger partial charge on any atom is 0.151 e. The van der Waals surface area contributed by atoms with Crippen LogP contribution in [0.2, 0.25) is 0 Å². The molecule has 3 nitrogen and oxygen atoms in total. The van der Waals surface area contributed by atoms with Crippen LogP contribution in [0.3, 0.4) is 0 Å². The average Bonchev–Trinajstić information content (AvgIpc) is 2.52. The third-order valence-corrected chi connectivity index (χ3v) is 3.18. The highest BCUT2D eigenvalue weighted by Crippen LogP contribution is 2.12. The van der Waals surface area contributed by atoms with Crippen LogP contribution in [0.4, 0.5) is 5.69 Å². The average molecular weight is 280 g/mol. The summed E-state index contributed by atoms with van der Waals surface area (Å²) < 4.78 is 0. The molecule has 0 amide bonds. The van der Waals surface area contributed by atoms with E-state index in [1.807, 2.05) is 49.4 Å². The zero-order valence-corrected chi connectivity index (χ0v) is 12.5. The molecule has 0 aliphatic rings. The van der Waals surface area contributed by atoms with Gasteiger partial charge < -0.3 is 5.32 Å². The lowest BCUT2D eigenvalue weighted by Crippen LogP contribution is -2.02. The van der Waals surface area contributed by atoms with E-state index in [0.29, 0.717) is 0 Å². The van der Waals surface area contributed by atoms with Gasteiger partial charge in [-0.2, -0.15) is 0 Å². The number of benzene rings is 2. The first-order valence-corrected chi connectivity index (χ1v) is 7.04. The molecule has 3 heteroatoms. The zero-order valence-electron chi connectivity index (χ0n) is 12.5. The molecule has 0 aliphatic carbocycles. The Labute approximate surface area is 125 Å². The lowest BCUT2D eigenvalue weighted by atomic mass is 10.1. The molecule has 2 aromatic carbocycles. The van der Waals surface area contributed by atoms with Gasteiger partial charge in [-0.15, -0.1) is 0 Å². The summed E-state index contributed by atoms with van der Waals surface area (Å²) in [5.74, 6) is 0.0792. The minimum absolute atomic E-state index is 0.0792. The van der Waals surface area contributed by atoms with Gasteiger partial charge in [0.2, 0.25) is 0 Å². The molecule has 2 aromatic rings. The predicted octanol–water partition coefficient (Wildman–Crippen LogP) is 3.70. The van der Waals surface area contributed by atoms with E-state index < -0.39 is 0 Å². The van der Waals surface area contributed by atoms with Gasteiger partial charge in [0, 0.05) is 17.9 Å². The fourth-order valence-electron chi connectivity index (χ4n) is 1.95. The maximum atomic E-state index is 10.9. The van der Waals surface area contributed by atoms with E-state index >= 15 is 0 Å². The largest absolute Gasteiger partial charge is 0.381 e. The van der Waals surface area contributed by atoms with Crippen molar-refractivity contribution in [2.75, 3.05) is 11.9 Å². The van der Waals surface area contributed by atoms with Crippen molar-refractivity contribution in [2.45, 2.75) is 20.4 Å². The van der Waals surface area contributed by atoms with Crippen LogP contribution in [0, 0.1) is 0 Å². The topological polar surface area (TPSA) is 41.5 Å². The van der Waals surface area contributed by atoms with E-state index in [9.17, 15) is 4.79 Å². The van der Waals surface area contributed by atoms with Crippen LogP contribution in [-0.4, -0.2) is 18.0 Å². The first-order valence-electron chi connectivity index (χ1n) is 7.04. The molecule has 0 unspecified atom stereocenters. The summed E-state index contributed by atoms with van der Waals surface area (Å²) >= 11 is 0. The molecule has 0 aromatic heterocycles. The summed E-state index contributed by atoms with van der Waals surface area (Å²) in [4.78, 5) is 15.2. The van der Waals surface area contributed by atoms with Crippen molar-refractivity contribution in [1.82, 2.24) is 0 Å². The second-order valence-corrected chi connectivity index (χ2v) is 5.02. The second-order valence-electron chi connectivity index (χ2n) is 5.02. The standard InChI is InChI=1S/C18H20N2O/c1-14(21)12-19-15(2)17-8-10-18(11-9-17)20-13-16-6-4-3-5-7-16/h3-11,20H,12-13H2,1-2H3. The van der Waals surface area contributed by atoms with Crippen LogP contribution in [0.25, 0.3) is 0 Å². The molecule has 0 saturated heterocycles. The fourth-order valence-corrected chi connectivity index (χ4v) is 1.95. The molecule has 0 saturated carbocycles. The molecule has 0 spiro atoms. The van der Waals surface area contributed by atoms with Crippen molar-refractivity contribution >= 4 is 17.2 Å². The number of hydrogen-bond acceptors (Lipinski definition) is 3. The first-order chi connectivity index (χ1) is 10.1. The number of nitrogens with one attached hydrogen (secondary N) is 1. The molecule has 108 valence electrons. The Morgan fingerprint density at radius 1 is 1.00 bits per heavy atom. The number of anilines is 1. The monoisotopic (exact) mass is 280 g/mol. The maximum absolute atomic E-state index is 10.9. The summed E-state index contributed by atoms with van der Waals surface area (Å²) in [6, 6.07) is 18.4. The molecule has 0 bridgehead atoms. The Kier molecular flexibility index (Phi) is 5.27. The Hall–Kier alpha value is -2.42. The lowest BCUT2D eigenvalue weighted by molar-refractivity contribution is -0.115. The molecule has 0 fully saturated rings. The van der Waals surface area contributed by atoms with Crippen molar-refractivity contribution in [3.05, 3.63) is 65.7 Å². The quantitative estimate of drug-likeness (QED) is 0.820. The van der Waals surface area contributed by atoms with Gasteiger partial charge in [0.1, 0.15) is 0 Å². The molecule has 0 radical (unpaired) electrons. The van der Waals surface area contributed by atoms with Crippen molar-refractivity contribution in [3.63, 3.8) is 0 Å². The van der Waals surface area contributed by atoms with E-state index in [4.69, 9.17) is 0 Å². The number of hydrogen-bond donors (Lipinski definition) is 1. The predicted molar refractivity (Wildman–Crippen MR) is 88.0 cm³/mol. The molecule has 0 aliphatic heterocycles. The number of Topliss-reactive ketones (excluding diaryl/α,β-unsaturated/α-hetero) is 1. The number of ketones is 1. The number of nitrogens with zero attached hydrogens (tertiary/aromatic N) is 1. The van der Waals surface area contributed by atoms with Gasteiger partial charge in [0.05, 0.1) is 6.54 Å². The van der Waals surface area contributed by atoms with Gasteiger partial charge in [-0.1, -0.05) is 42.5 Å². The van der Waals surface area contributed by atoms with Crippen molar-refractivity contribution < 1.29 is 4.79 Å². The van der Waals surface area contributed by atoms with Gasteiger partial charge in [-0.05, 0) is 37.1 Å². The van der Waals surface area contributed by atoms with Gasteiger partial charge in [0.15, 0.2) is 5.78 Å². The molecule has 0 atom stereocenters. The molecule has 1 N–H and O–H groups in total. The molecular formula is C18H20N2O. The first kappa shape index (κ1) is 15.0. The van der Waals surface area contributed by atoms with Gasteiger partial charge >= 0.3 is 0 Å². The highest BCUT2D eigenvalue weighted by molar-refractivity contribution is 6.00. The lowest BCUT2D eigenvalue weighted by Gasteiger charge is -2.07. The van der Waals surface area contributed by atoms with Crippen molar-refractivity contribution in [1.29, 1.82) is 0 Å².